The summed E-state index contributed by atoms with van der Waals surface area (Å²) in [5, 5.41) is 12.5. The first-order valence-electron chi connectivity index (χ1n) is 9.64. The van der Waals surface area contributed by atoms with E-state index < -0.39 is 0 Å². The number of ether oxygens (including phenoxy) is 1. The summed E-state index contributed by atoms with van der Waals surface area (Å²) in [5.41, 5.74) is 4.12. The van der Waals surface area contributed by atoms with Crippen LogP contribution in [0.25, 0.3) is 6.08 Å². The normalized spacial score (nSPS) is 17.7. The molecule has 0 radical (unpaired) electrons. The molecule has 0 bridgehead atoms. The van der Waals surface area contributed by atoms with E-state index >= 15 is 0 Å². The number of aryl methyl sites for hydroxylation is 1. The van der Waals surface area contributed by atoms with E-state index in [-0.39, 0.29) is 17.5 Å². The van der Waals surface area contributed by atoms with Crippen molar-refractivity contribution < 1.29 is 9.53 Å². The van der Waals surface area contributed by atoms with Gasteiger partial charge in [-0.25, -0.2) is 0 Å². The van der Waals surface area contributed by atoms with Crippen LogP contribution < -0.4 is 15.0 Å². The van der Waals surface area contributed by atoms with Gasteiger partial charge in [-0.3, -0.25) is 9.79 Å². The third-order valence-electron chi connectivity index (χ3n) is 5.32. The molecule has 4 rings (SSSR count). The standard InChI is InChI=1S/C23H22N4O2/c1-29-22-13-16(6-9-21(22)27-11-10-25-15-27)12-18(14-24)23(28)26-20-8-7-17-4-2-3-5-19(17)20/h2-6,9,12-13,15,20H,7-8,10-11H2,1H3,(H,26,28)/b18-12+. The summed E-state index contributed by atoms with van der Waals surface area (Å²) in [6, 6.07) is 15.7. The van der Waals surface area contributed by atoms with Crippen molar-refractivity contribution in [2.75, 3.05) is 25.1 Å². The van der Waals surface area contributed by atoms with Gasteiger partial charge >= 0.3 is 0 Å². The number of benzene rings is 2. The molecule has 2 aliphatic rings. The number of nitriles is 1. The Kier molecular flexibility index (Phi) is 5.30. The molecule has 0 aromatic heterocycles. The van der Waals surface area contributed by atoms with Crippen molar-refractivity contribution in [1.29, 1.82) is 5.26 Å². The number of rotatable bonds is 5. The van der Waals surface area contributed by atoms with Gasteiger partial charge in [0.25, 0.3) is 5.91 Å². The molecular formula is C23H22N4O2. The molecule has 2 aromatic carbocycles. The summed E-state index contributed by atoms with van der Waals surface area (Å²) in [7, 11) is 1.61. The van der Waals surface area contributed by atoms with Gasteiger partial charge in [-0.2, -0.15) is 5.26 Å². The van der Waals surface area contributed by atoms with Gasteiger partial charge < -0.3 is 15.0 Å². The molecular weight excluding hydrogens is 364 g/mol. The van der Waals surface area contributed by atoms with Crippen molar-refractivity contribution in [1.82, 2.24) is 5.32 Å². The van der Waals surface area contributed by atoms with Crippen molar-refractivity contribution in [2.24, 2.45) is 4.99 Å². The number of carbonyl (C=O) groups excluding carboxylic acids is 1. The highest BCUT2D eigenvalue weighted by Crippen LogP contribution is 2.32. The number of methoxy groups -OCH3 is 1. The average molecular weight is 386 g/mol. The fraction of sp³-hybridized carbons (Fsp3) is 0.261. The summed E-state index contributed by atoms with van der Waals surface area (Å²) in [6.07, 6.45) is 5.18. The topological polar surface area (TPSA) is 77.7 Å². The van der Waals surface area contributed by atoms with Gasteiger partial charge in [0.15, 0.2) is 0 Å². The molecule has 1 atom stereocenters. The monoisotopic (exact) mass is 386 g/mol. The van der Waals surface area contributed by atoms with Crippen LogP contribution in [0.4, 0.5) is 5.69 Å². The molecule has 6 nitrogen and oxygen atoms in total. The first-order valence-corrected chi connectivity index (χ1v) is 9.64. The Morgan fingerprint density at radius 2 is 2.21 bits per heavy atom. The zero-order chi connectivity index (χ0) is 20.2. The van der Waals surface area contributed by atoms with Crippen LogP contribution in [0.3, 0.4) is 0 Å². The molecule has 0 saturated carbocycles. The molecule has 6 heteroatoms. The maximum atomic E-state index is 12.7. The van der Waals surface area contributed by atoms with Crippen LogP contribution in [-0.4, -0.2) is 32.4 Å². The van der Waals surface area contributed by atoms with E-state index in [1.807, 2.05) is 47.4 Å². The van der Waals surface area contributed by atoms with E-state index in [9.17, 15) is 10.1 Å². The van der Waals surface area contributed by atoms with Crippen LogP contribution >= 0.6 is 0 Å². The van der Waals surface area contributed by atoms with E-state index in [2.05, 4.69) is 16.4 Å². The first-order chi connectivity index (χ1) is 14.2. The minimum absolute atomic E-state index is 0.0539. The third kappa shape index (κ3) is 3.85. The third-order valence-corrected chi connectivity index (χ3v) is 5.32. The summed E-state index contributed by atoms with van der Waals surface area (Å²) in [4.78, 5) is 19.0. The fourth-order valence-corrected chi connectivity index (χ4v) is 3.84. The highest BCUT2D eigenvalue weighted by molar-refractivity contribution is 6.02. The van der Waals surface area contributed by atoms with E-state index in [1.54, 1.807) is 19.5 Å². The Balaban J connectivity index is 1.54. The smallest absolute Gasteiger partial charge is 0.262 e. The van der Waals surface area contributed by atoms with E-state index in [1.165, 1.54) is 5.56 Å². The summed E-state index contributed by atoms with van der Waals surface area (Å²) < 4.78 is 5.50. The first kappa shape index (κ1) is 18.8. The van der Waals surface area contributed by atoms with E-state index in [4.69, 9.17) is 4.74 Å². The zero-order valence-corrected chi connectivity index (χ0v) is 16.3. The van der Waals surface area contributed by atoms with Crippen molar-refractivity contribution in [3.63, 3.8) is 0 Å². The second-order valence-corrected chi connectivity index (χ2v) is 7.08. The largest absolute Gasteiger partial charge is 0.495 e. The molecule has 0 saturated heterocycles. The van der Waals surface area contributed by atoms with Crippen molar-refractivity contribution in [2.45, 2.75) is 18.9 Å². The number of hydrogen-bond acceptors (Lipinski definition) is 5. The highest BCUT2D eigenvalue weighted by atomic mass is 16.5. The molecule has 1 N–H and O–H groups in total. The Morgan fingerprint density at radius 1 is 1.34 bits per heavy atom. The van der Waals surface area contributed by atoms with Gasteiger partial charge in [-0.05, 0) is 47.7 Å². The Labute approximate surface area is 170 Å². The van der Waals surface area contributed by atoms with Crippen molar-refractivity contribution in [3.05, 3.63) is 64.7 Å². The number of aliphatic imine (C=N–C) groups is 1. The average Bonchev–Trinajstić information content (AvgIpc) is 3.42. The zero-order valence-electron chi connectivity index (χ0n) is 16.3. The van der Waals surface area contributed by atoms with Crippen molar-refractivity contribution in [3.8, 4) is 11.8 Å². The van der Waals surface area contributed by atoms with Gasteiger partial charge in [0.05, 0.1) is 31.7 Å². The van der Waals surface area contributed by atoms with E-state index in [0.717, 1.165) is 42.7 Å². The minimum atomic E-state index is -0.357. The Bertz CT molecular complexity index is 1040. The lowest BCUT2D eigenvalue weighted by Crippen LogP contribution is -2.28. The number of hydrogen-bond donors (Lipinski definition) is 1. The summed E-state index contributed by atoms with van der Waals surface area (Å²) in [6.45, 7) is 1.56. The Morgan fingerprint density at radius 3 is 2.97 bits per heavy atom. The quantitative estimate of drug-likeness (QED) is 0.632. The number of carbonyl (C=O) groups is 1. The molecule has 1 unspecified atom stereocenters. The Hall–Kier alpha value is -3.59. The molecule has 0 spiro atoms. The lowest BCUT2D eigenvalue weighted by Gasteiger charge is -2.18. The maximum absolute atomic E-state index is 12.7. The lowest BCUT2D eigenvalue weighted by molar-refractivity contribution is -0.117. The predicted octanol–water partition coefficient (Wildman–Crippen LogP) is 3.25. The van der Waals surface area contributed by atoms with Gasteiger partial charge in [-0.15, -0.1) is 0 Å². The molecule has 146 valence electrons. The van der Waals surface area contributed by atoms with Crippen LogP contribution in [0, 0.1) is 11.3 Å². The van der Waals surface area contributed by atoms with Crippen LogP contribution in [-0.2, 0) is 11.2 Å². The molecule has 2 aromatic rings. The van der Waals surface area contributed by atoms with Crippen LogP contribution in [0.15, 0.2) is 53.0 Å². The second kappa shape index (κ2) is 8.19. The van der Waals surface area contributed by atoms with Gasteiger partial charge in [0.1, 0.15) is 17.4 Å². The molecule has 0 fully saturated rings. The van der Waals surface area contributed by atoms with Crippen LogP contribution in [0.1, 0.15) is 29.2 Å². The highest BCUT2D eigenvalue weighted by Gasteiger charge is 2.24. The van der Waals surface area contributed by atoms with Crippen LogP contribution in [0.2, 0.25) is 0 Å². The summed E-state index contributed by atoms with van der Waals surface area (Å²) >= 11 is 0. The fourth-order valence-electron chi connectivity index (χ4n) is 3.84. The molecule has 1 amide bonds. The maximum Gasteiger partial charge on any atom is 0.262 e. The minimum Gasteiger partial charge on any atom is -0.495 e. The molecule has 1 aliphatic carbocycles. The lowest BCUT2D eigenvalue weighted by atomic mass is 10.1. The molecule has 29 heavy (non-hydrogen) atoms. The number of anilines is 1. The SMILES string of the molecule is COc1cc(/C=C(\C#N)C(=O)NC2CCc3ccccc32)ccc1N1C=NCC1. The van der Waals surface area contributed by atoms with Crippen LogP contribution in [0.5, 0.6) is 5.75 Å². The van der Waals surface area contributed by atoms with Gasteiger partial charge in [0.2, 0.25) is 0 Å². The molecule has 1 heterocycles. The van der Waals surface area contributed by atoms with Crippen molar-refractivity contribution >= 4 is 24.0 Å². The van der Waals surface area contributed by atoms with Gasteiger partial charge in [-0.1, -0.05) is 30.3 Å². The second-order valence-electron chi connectivity index (χ2n) is 7.08. The summed E-state index contributed by atoms with van der Waals surface area (Å²) in [5.74, 6) is 0.318. The number of amides is 1. The van der Waals surface area contributed by atoms with E-state index in [0.29, 0.717) is 5.75 Å². The predicted molar refractivity (Wildman–Crippen MR) is 113 cm³/mol. The number of nitrogens with zero attached hydrogens (tertiary/aromatic N) is 3. The number of fused-ring (bicyclic) bond motifs is 1. The van der Waals surface area contributed by atoms with Gasteiger partial charge in [0, 0.05) is 6.54 Å². The number of nitrogens with one attached hydrogen (secondary N) is 1. The molecule has 1 aliphatic heterocycles.